The van der Waals surface area contributed by atoms with Gasteiger partial charge in [0.15, 0.2) is 0 Å². The van der Waals surface area contributed by atoms with E-state index in [1.165, 1.54) is 0 Å². The number of hydrogen-bond donors (Lipinski definition) is 1. The number of nitrogens with two attached hydrogens (primary N) is 1. The molecule has 0 amide bonds. The van der Waals surface area contributed by atoms with Crippen LogP contribution in [0.3, 0.4) is 0 Å². The summed E-state index contributed by atoms with van der Waals surface area (Å²) in [5.41, 5.74) is 7.35. The highest BCUT2D eigenvalue weighted by atomic mass is 16.5. The quantitative estimate of drug-likeness (QED) is 0.780. The minimum absolute atomic E-state index is 0.189. The van der Waals surface area contributed by atoms with E-state index in [9.17, 15) is 4.79 Å². The maximum Gasteiger partial charge on any atom is 0.302 e. The van der Waals surface area contributed by atoms with Gasteiger partial charge in [-0.25, -0.2) is 0 Å². The lowest BCUT2D eigenvalue weighted by Crippen LogP contribution is -2.46. The third kappa shape index (κ3) is 3.85. The first-order valence-corrected chi connectivity index (χ1v) is 8.29. The molecule has 0 aliphatic rings. The van der Waals surface area contributed by atoms with Crippen LogP contribution in [-0.4, -0.2) is 18.1 Å². The minimum atomic E-state index is -2.80. The van der Waals surface area contributed by atoms with Crippen molar-refractivity contribution in [2.24, 2.45) is 5.73 Å². The Balaban J connectivity index is 2.67. The van der Waals surface area contributed by atoms with E-state index in [1.54, 1.807) is 0 Å². The van der Waals surface area contributed by atoms with Crippen molar-refractivity contribution in [2.75, 3.05) is 0 Å². The maximum absolute atomic E-state index is 12.2. The molecular formula is C21H27NO2. The van der Waals surface area contributed by atoms with Gasteiger partial charge >= 0.3 is 5.97 Å². The van der Waals surface area contributed by atoms with E-state index in [-0.39, 0.29) is 6.04 Å². The Bertz CT molecular complexity index is 691. The van der Waals surface area contributed by atoms with E-state index in [1.807, 2.05) is 74.5 Å². The smallest absolute Gasteiger partial charge is 0.302 e. The van der Waals surface area contributed by atoms with Crippen molar-refractivity contribution in [1.29, 1.82) is 0 Å². The molecule has 3 heteroatoms. The fraction of sp³-hybridized carbons (Fsp3) is 0.381. The second-order valence-corrected chi connectivity index (χ2v) is 6.19. The van der Waals surface area contributed by atoms with Crippen LogP contribution >= 0.6 is 0 Å². The molecule has 2 atom stereocenters. The van der Waals surface area contributed by atoms with E-state index < -0.39 is 24.3 Å². The Kier molecular flexibility index (Phi) is 4.81. The Morgan fingerprint density at radius 2 is 1.62 bits per heavy atom. The lowest BCUT2D eigenvalue weighted by atomic mass is 9.66. The summed E-state index contributed by atoms with van der Waals surface area (Å²) in [6.07, 6.45) is 0.299. The van der Waals surface area contributed by atoms with Crippen LogP contribution in [0.2, 0.25) is 0 Å². The monoisotopic (exact) mass is 328 g/mol. The van der Waals surface area contributed by atoms with Gasteiger partial charge in [-0.05, 0) is 30.9 Å². The topological polar surface area (TPSA) is 52.3 Å². The van der Waals surface area contributed by atoms with Gasteiger partial charge in [-0.2, -0.15) is 0 Å². The molecule has 24 heavy (non-hydrogen) atoms. The highest BCUT2D eigenvalue weighted by Gasteiger charge is 2.43. The number of hydrogen-bond acceptors (Lipinski definition) is 3. The number of ether oxygens (including phenoxy) is 1. The number of benzene rings is 2. The molecule has 2 aromatic rings. The van der Waals surface area contributed by atoms with Crippen molar-refractivity contribution in [3.05, 3.63) is 71.8 Å². The molecule has 0 unspecified atom stereocenters. The van der Waals surface area contributed by atoms with Crippen LogP contribution in [0.25, 0.3) is 0 Å². The first kappa shape index (κ1) is 14.2. The molecule has 0 fully saturated rings. The largest absolute Gasteiger partial charge is 0.461 e. The molecule has 0 aliphatic carbocycles. The zero-order chi connectivity index (χ0) is 20.1. The van der Waals surface area contributed by atoms with Crippen LogP contribution in [0.4, 0.5) is 0 Å². The van der Waals surface area contributed by atoms with Crippen LogP contribution in [0.15, 0.2) is 60.7 Å². The molecule has 0 saturated heterocycles. The zero-order valence-electron chi connectivity index (χ0n) is 17.2. The SMILES string of the molecule is [2H]C([2H])([2H])C(=O)O[C@@H](CC)C(C[C@H](C)N)(c1ccccc1)c1ccccc1. The van der Waals surface area contributed by atoms with Crippen LogP contribution in [0.1, 0.15) is 48.8 Å². The van der Waals surface area contributed by atoms with Crippen molar-refractivity contribution in [3.63, 3.8) is 0 Å². The molecule has 3 nitrogen and oxygen atoms in total. The van der Waals surface area contributed by atoms with Crippen LogP contribution in [0.5, 0.6) is 0 Å². The van der Waals surface area contributed by atoms with Crippen molar-refractivity contribution < 1.29 is 13.6 Å². The van der Waals surface area contributed by atoms with Crippen LogP contribution in [0, 0.1) is 0 Å². The lowest BCUT2D eigenvalue weighted by molar-refractivity contribution is -0.149. The minimum Gasteiger partial charge on any atom is -0.461 e. The predicted molar refractivity (Wildman–Crippen MR) is 97.8 cm³/mol. The molecule has 128 valence electrons. The fourth-order valence-electron chi connectivity index (χ4n) is 3.55. The van der Waals surface area contributed by atoms with Crippen molar-refractivity contribution in [1.82, 2.24) is 0 Å². The highest BCUT2D eigenvalue weighted by Crippen LogP contribution is 2.42. The maximum atomic E-state index is 12.2. The van der Waals surface area contributed by atoms with E-state index in [4.69, 9.17) is 14.6 Å². The molecule has 2 rings (SSSR count). The van der Waals surface area contributed by atoms with Crippen molar-refractivity contribution >= 4 is 5.97 Å². The zero-order valence-corrected chi connectivity index (χ0v) is 14.2. The molecule has 0 radical (unpaired) electrons. The van der Waals surface area contributed by atoms with Gasteiger partial charge < -0.3 is 10.5 Å². The van der Waals surface area contributed by atoms with Gasteiger partial charge in [-0.3, -0.25) is 4.79 Å². The van der Waals surface area contributed by atoms with Gasteiger partial charge in [0.25, 0.3) is 0 Å². The van der Waals surface area contributed by atoms with Crippen LogP contribution < -0.4 is 5.73 Å². The number of carbonyl (C=O) groups excluding carboxylic acids is 1. The molecule has 0 spiro atoms. The summed E-state index contributed by atoms with van der Waals surface area (Å²) in [4.78, 5) is 12.2. The number of esters is 1. The summed E-state index contributed by atoms with van der Waals surface area (Å²) in [5.74, 6) is -1.18. The van der Waals surface area contributed by atoms with E-state index in [2.05, 4.69) is 0 Å². The van der Waals surface area contributed by atoms with Gasteiger partial charge in [-0.1, -0.05) is 67.6 Å². The van der Waals surface area contributed by atoms with Gasteiger partial charge in [0.05, 0.1) is 5.41 Å². The van der Waals surface area contributed by atoms with Gasteiger partial charge in [0, 0.05) is 17.0 Å². The third-order valence-electron chi connectivity index (χ3n) is 4.39. The summed E-state index contributed by atoms with van der Waals surface area (Å²) < 4.78 is 27.8. The lowest BCUT2D eigenvalue weighted by Gasteiger charge is -2.42. The Morgan fingerprint density at radius 1 is 1.12 bits per heavy atom. The van der Waals surface area contributed by atoms with Gasteiger partial charge in [-0.15, -0.1) is 0 Å². The normalized spacial score (nSPS) is 16.4. The molecule has 0 heterocycles. The summed E-state index contributed by atoms with van der Waals surface area (Å²) >= 11 is 0. The van der Waals surface area contributed by atoms with E-state index in [0.717, 1.165) is 11.1 Å². The Labute approximate surface area is 149 Å². The first-order valence-electron chi connectivity index (χ1n) is 9.79. The molecule has 0 aliphatic heterocycles. The molecule has 0 bridgehead atoms. The van der Waals surface area contributed by atoms with Crippen molar-refractivity contribution in [3.8, 4) is 0 Å². The fourth-order valence-corrected chi connectivity index (χ4v) is 3.55. The van der Waals surface area contributed by atoms with E-state index in [0.29, 0.717) is 12.8 Å². The van der Waals surface area contributed by atoms with Gasteiger partial charge in [0.1, 0.15) is 6.10 Å². The van der Waals surface area contributed by atoms with Gasteiger partial charge in [0.2, 0.25) is 0 Å². The van der Waals surface area contributed by atoms with E-state index >= 15 is 0 Å². The molecular weight excluding hydrogens is 298 g/mol. The molecule has 2 N–H and O–H groups in total. The average Bonchev–Trinajstić information content (AvgIpc) is 2.64. The molecule has 0 aromatic heterocycles. The Morgan fingerprint density at radius 3 is 2.00 bits per heavy atom. The van der Waals surface area contributed by atoms with Crippen LogP contribution in [-0.2, 0) is 14.9 Å². The highest BCUT2D eigenvalue weighted by molar-refractivity contribution is 5.66. The summed E-state index contributed by atoms with van der Waals surface area (Å²) in [5, 5.41) is 0. The second-order valence-electron chi connectivity index (χ2n) is 6.19. The number of rotatable bonds is 7. The first-order chi connectivity index (χ1) is 12.7. The Hall–Kier alpha value is -2.13. The van der Waals surface area contributed by atoms with Crippen molar-refractivity contribution in [2.45, 2.75) is 51.1 Å². The third-order valence-corrected chi connectivity index (χ3v) is 4.39. The summed E-state index contributed by atoms with van der Waals surface area (Å²) in [6, 6.07) is 19.2. The molecule has 0 saturated carbocycles. The second kappa shape index (κ2) is 8.11. The average molecular weight is 328 g/mol. The number of carbonyl (C=O) groups is 1. The summed E-state index contributed by atoms with van der Waals surface area (Å²) in [6.45, 7) is 0.985. The molecule has 2 aromatic carbocycles. The summed E-state index contributed by atoms with van der Waals surface area (Å²) in [7, 11) is 0. The predicted octanol–water partition coefficient (Wildman–Crippen LogP) is 4.05. The standard InChI is InChI=1S/C21H27NO2/c1-4-20(24-17(3)23)21(15-16(2)22,18-11-7-5-8-12-18)19-13-9-6-10-14-19/h5-14,16,20H,4,15,22H2,1-3H3/t16-,20-/m0/s1/i3D3.